The van der Waals surface area contributed by atoms with Crippen molar-refractivity contribution in [2.24, 2.45) is 0 Å². The third-order valence-electron chi connectivity index (χ3n) is 3.89. The Morgan fingerprint density at radius 1 is 1.12 bits per heavy atom. The number of benzene rings is 2. The number of hydrogen-bond acceptors (Lipinski definition) is 5. The number of nitrogens with one attached hydrogen (secondary N) is 3. The van der Waals surface area contributed by atoms with E-state index in [0.717, 1.165) is 23.0 Å². The van der Waals surface area contributed by atoms with E-state index in [-0.39, 0.29) is 19.2 Å². The first-order valence-corrected chi connectivity index (χ1v) is 8.46. The number of rotatable bonds is 6. The van der Waals surface area contributed by atoms with Crippen LogP contribution in [0.3, 0.4) is 0 Å². The highest BCUT2D eigenvalue weighted by Crippen LogP contribution is 2.26. The molecule has 0 aliphatic rings. The van der Waals surface area contributed by atoms with E-state index >= 15 is 0 Å². The van der Waals surface area contributed by atoms with E-state index in [1.54, 1.807) is 6.07 Å². The van der Waals surface area contributed by atoms with Crippen LogP contribution in [-0.2, 0) is 6.42 Å². The van der Waals surface area contributed by atoms with Crippen LogP contribution >= 0.6 is 0 Å². The van der Waals surface area contributed by atoms with Gasteiger partial charge in [-0.2, -0.15) is 0 Å². The van der Waals surface area contributed by atoms with Gasteiger partial charge in [0, 0.05) is 23.3 Å². The molecule has 0 spiro atoms. The van der Waals surface area contributed by atoms with Gasteiger partial charge in [-0.3, -0.25) is 0 Å². The van der Waals surface area contributed by atoms with Crippen LogP contribution in [0.1, 0.15) is 12.5 Å². The van der Waals surface area contributed by atoms with Gasteiger partial charge in [-0.25, -0.2) is 14.8 Å². The second-order valence-corrected chi connectivity index (χ2v) is 5.74. The standard InChI is InChI=1S/C19H21N5O2/c1-2-13-4-3-5-14(10-13)23-18-16-11-15(24-19(26)20-8-9-25)6-7-17(16)21-12-22-18/h3-7,10-12,25H,2,8-9H2,1H3,(H2,20,24,26)(H,21,22,23). The van der Waals surface area contributed by atoms with Gasteiger partial charge in [0.2, 0.25) is 0 Å². The van der Waals surface area contributed by atoms with Gasteiger partial charge in [-0.15, -0.1) is 0 Å². The summed E-state index contributed by atoms with van der Waals surface area (Å²) in [5.74, 6) is 0.669. The maximum Gasteiger partial charge on any atom is 0.319 e. The number of aryl methyl sites for hydroxylation is 1. The predicted octanol–water partition coefficient (Wildman–Crippen LogP) is 3.05. The van der Waals surface area contributed by atoms with Gasteiger partial charge in [0.05, 0.1) is 12.1 Å². The van der Waals surface area contributed by atoms with Crippen LogP contribution in [0.15, 0.2) is 48.8 Å². The summed E-state index contributed by atoms with van der Waals surface area (Å²) in [5, 5.41) is 18.2. The van der Waals surface area contributed by atoms with Crippen LogP contribution in [-0.4, -0.2) is 34.3 Å². The van der Waals surface area contributed by atoms with Crippen LogP contribution in [0.2, 0.25) is 0 Å². The van der Waals surface area contributed by atoms with E-state index in [2.05, 4.69) is 45.0 Å². The monoisotopic (exact) mass is 351 g/mol. The van der Waals surface area contributed by atoms with Crippen LogP contribution < -0.4 is 16.0 Å². The topological polar surface area (TPSA) is 99.2 Å². The molecule has 0 bridgehead atoms. The van der Waals surface area contributed by atoms with Crippen molar-refractivity contribution in [3.63, 3.8) is 0 Å². The Labute approximate surface area is 151 Å². The Morgan fingerprint density at radius 2 is 2.00 bits per heavy atom. The summed E-state index contributed by atoms with van der Waals surface area (Å²) >= 11 is 0. The van der Waals surface area contributed by atoms with Crippen molar-refractivity contribution in [3.05, 3.63) is 54.4 Å². The second kappa shape index (κ2) is 8.26. The zero-order chi connectivity index (χ0) is 18.4. The molecule has 1 aromatic heterocycles. The average Bonchev–Trinajstić information content (AvgIpc) is 2.67. The summed E-state index contributed by atoms with van der Waals surface area (Å²) in [4.78, 5) is 20.4. The Morgan fingerprint density at radius 3 is 2.81 bits per heavy atom. The van der Waals surface area contributed by atoms with Crippen LogP contribution in [0.25, 0.3) is 10.9 Å². The Balaban J connectivity index is 1.87. The molecular weight excluding hydrogens is 330 g/mol. The molecule has 2 amide bonds. The lowest BCUT2D eigenvalue weighted by Crippen LogP contribution is -2.30. The van der Waals surface area contributed by atoms with Crippen LogP contribution in [0.5, 0.6) is 0 Å². The summed E-state index contributed by atoms with van der Waals surface area (Å²) < 4.78 is 0. The maximum absolute atomic E-state index is 11.8. The van der Waals surface area contributed by atoms with Crippen molar-refractivity contribution in [2.75, 3.05) is 23.8 Å². The lowest BCUT2D eigenvalue weighted by Gasteiger charge is -2.11. The van der Waals surface area contributed by atoms with Gasteiger partial charge >= 0.3 is 6.03 Å². The van der Waals surface area contributed by atoms with Crippen LogP contribution in [0, 0.1) is 0 Å². The molecule has 0 fully saturated rings. The highest BCUT2D eigenvalue weighted by atomic mass is 16.3. The lowest BCUT2D eigenvalue weighted by atomic mass is 10.1. The first-order valence-electron chi connectivity index (χ1n) is 8.46. The van der Waals surface area contributed by atoms with Gasteiger partial charge in [0.1, 0.15) is 12.1 Å². The predicted molar refractivity (Wildman–Crippen MR) is 103 cm³/mol. The quantitative estimate of drug-likeness (QED) is 0.547. The molecule has 7 nitrogen and oxygen atoms in total. The number of hydrogen-bond donors (Lipinski definition) is 4. The molecule has 0 radical (unpaired) electrons. The second-order valence-electron chi connectivity index (χ2n) is 5.74. The molecule has 4 N–H and O–H groups in total. The van der Waals surface area contributed by atoms with Gasteiger partial charge in [-0.1, -0.05) is 19.1 Å². The minimum Gasteiger partial charge on any atom is -0.395 e. The summed E-state index contributed by atoms with van der Waals surface area (Å²) in [7, 11) is 0. The Kier molecular flexibility index (Phi) is 5.60. The minimum absolute atomic E-state index is 0.107. The van der Waals surface area contributed by atoms with Crippen molar-refractivity contribution >= 4 is 34.1 Å². The SMILES string of the molecule is CCc1cccc(Nc2ncnc3ccc(NC(=O)NCCO)cc23)c1. The molecule has 26 heavy (non-hydrogen) atoms. The Hall–Kier alpha value is -3.19. The molecule has 0 saturated carbocycles. The molecular formula is C19H21N5O2. The van der Waals surface area contributed by atoms with Gasteiger partial charge < -0.3 is 21.1 Å². The van der Waals surface area contributed by atoms with Crippen molar-refractivity contribution in [2.45, 2.75) is 13.3 Å². The fourth-order valence-corrected chi connectivity index (χ4v) is 2.58. The number of aliphatic hydroxyl groups is 1. The smallest absolute Gasteiger partial charge is 0.319 e. The van der Waals surface area contributed by atoms with Crippen molar-refractivity contribution in [1.82, 2.24) is 15.3 Å². The van der Waals surface area contributed by atoms with Gasteiger partial charge in [-0.05, 0) is 42.3 Å². The van der Waals surface area contributed by atoms with Crippen molar-refractivity contribution in [3.8, 4) is 0 Å². The van der Waals surface area contributed by atoms with E-state index in [1.807, 2.05) is 24.3 Å². The number of urea groups is 1. The molecule has 3 aromatic rings. The molecule has 7 heteroatoms. The molecule has 134 valence electrons. The Bertz CT molecular complexity index is 913. The summed E-state index contributed by atoms with van der Waals surface area (Å²) in [6.45, 7) is 2.20. The van der Waals surface area contributed by atoms with Crippen molar-refractivity contribution in [1.29, 1.82) is 0 Å². The molecule has 0 atom stereocenters. The van der Waals surface area contributed by atoms with Crippen molar-refractivity contribution < 1.29 is 9.90 Å². The normalized spacial score (nSPS) is 10.5. The zero-order valence-electron chi connectivity index (χ0n) is 14.5. The first-order chi connectivity index (χ1) is 12.7. The lowest BCUT2D eigenvalue weighted by molar-refractivity contribution is 0.245. The van der Waals surface area contributed by atoms with Gasteiger partial charge in [0.25, 0.3) is 0 Å². The molecule has 0 aliphatic carbocycles. The van der Waals surface area contributed by atoms with E-state index in [4.69, 9.17) is 5.11 Å². The highest BCUT2D eigenvalue weighted by molar-refractivity contribution is 5.96. The molecule has 2 aromatic carbocycles. The number of aliphatic hydroxyl groups excluding tert-OH is 1. The summed E-state index contributed by atoms with van der Waals surface area (Å²) in [5.41, 5.74) is 3.57. The summed E-state index contributed by atoms with van der Waals surface area (Å²) in [6, 6.07) is 13.2. The number of anilines is 3. The molecule has 1 heterocycles. The molecule has 0 saturated heterocycles. The number of fused-ring (bicyclic) bond motifs is 1. The largest absolute Gasteiger partial charge is 0.395 e. The van der Waals surface area contributed by atoms with Crippen LogP contribution in [0.4, 0.5) is 22.0 Å². The third-order valence-corrected chi connectivity index (χ3v) is 3.89. The summed E-state index contributed by atoms with van der Waals surface area (Å²) in [6.07, 6.45) is 2.46. The fourth-order valence-electron chi connectivity index (χ4n) is 2.58. The number of aromatic nitrogens is 2. The number of carbonyl (C=O) groups excluding carboxylic acids is 1. The molecule has 0 aliphatic heterocycles. The molecule has 3 rings (SSSR count). The van der Waals surface area contributed by atoms with E-state index in [0.29, 0.717) is 11.5 Å². The fraction of sp³-hybridized carbons (Fsp3) is 0.211. The number of nitrogens with zero attached hydrogens (tertiary/aromatic N) is 2. The maximum atomic E-state index is 11.8. The number of amides is 2. The highest BCUT2D eigenvalue weighted by Gasteiger charge is 2.07. The average molecular weight is 351 g/mol. The van der Waals surface area contributed by atoms with E-state index in [9.17, 15) is 4.79 Å². The first kappa shape index (κ1) is 17.6. The van der Waals surface area contributed by atoms with E-state index < -0.39 is 0 Å². The number of carbonyl (C=O) groups is 1. The zero-order valence-corrected chi connectivity index (χ0v) is 14.5. The molecule has 0 unspecified atom stereocenters. The minimum atomic E-state index is -0.375. The third kappa shape index (κ3) is 4.25. The van der Waals surface area contributed by atoms with E-state index in [1.165, 1.54) is 11.9 Å². The van der Waals surface area contributed by atoms with Gasteiger partial charge in [0.15, 0.2) is 0 Å².